The second-order valence-electron chi connectivity index (χ2n) is 7.67. The van der Waals surface area contributed by atoms with Gasteiger partial charge < -0.3 is 9.47 Å². The number of hydrogen-bond acceptors (Lipinski definition) is 6. The zero-order valence-electron chi connectivity index (χ0n) is 15.9. The first kappa shape index (κ1) is 17.4. The Kier molecular flexibility index (Phi) is 5.15. The molecule has 0 spiro atoms. The molecule has 2 saturated heterocycles. The Bertz CT molecular complexity index is 735. The van der Waals surface area contributed by atoms with Gasteiger partial charge in [-0.1, -0.05) is 6.42 Å². The minimum absolute atomic E-state index is 0.409. The lowest BCUT2D eigenvalue weighted by Crippen LogP contribution is -2.36. The third-order valence-electron chi connectivity index (χ3n) is 5.71. The van der Waals surface area contributed by atoms with Crippen LogP contribution in [0, 0.1) is 6.92 Å². The van der Waals surface area contributed by atoms with E-state index in [1.165, 1.54) is 32.4 Å². The number of aromatic nitrogens is 5. The predicted molar refractivity (Wildman–Crippen MR) is 101 cm³/mol. The molecule has 0 saturated carbocycles. The van der Waals surface area contributed by atoms with Crippen molar-refractivity contribution < 1.29 is 0 Å². The van der Waals surface area contributed by atoms with Crippen LogP contribution in [-0.4, -0.2) is 55.8 Å². The van der Waals surface area contributed by atoms with E-state index in [1.807, 2.05) is 6.92 Å². The van der Waals surface area contributed by atoms with Gasteiger partial charge in [0, 0.05) is 37.8 Å². The first-order valence-corrected chi connectivity index (χ1v) is 9.85. The van der Waals surface area contributed by atoms with Gasteiger partial charge in [0.15, 0.2) is 0 Å². The molecule has 1 atom stereocenters. The van der Waals surface area contributed by atoms with Crippen LogP contribution in [0.25, 0.3) is 0 Å². The maximum atomic E-state index is 4.58. The van der Waals surface area contributed by atoms with Gasteiger partial charge >= 0.3 is 0 Å². The molecule has 0 aromatic carbocycles. The van der Waals surface area contributed by atoms with E-state index in [9.17, 15) is 0 Å². The van der Waals surface area contributed by atoms with Gasteiger partial charge in [-0.25, -0.2) is 9.97 Å². The van der Waals surface area contributed by atoms with Crippen LogP contribution >= 0.6 is 0 Å². The van der Waals surface area contributed by atoms with Crippen molar-refractivity contribution in [2.24, 2.45) is 7.05 Å². The SMILES string of the molecule is Cc1cc(N2CCC[C@@H](c3nnc(CN4CCCCC4)n3C)C2)ncn1. The molecule has 4 heterocycles. The predicted octanol–water partition coefficient (Wildman–Crippen LogP) is 2.28. The van der Waals surface area contributed by atoms with Crippen molar-refractivity contribution >= 4 is 5.82 Å². The van der Waals surface area contributed by atoms with Crippen molar-refractivity contribution in [3.8, 4) is 0 Å². The number of likely N-dealkylation sites (tertiary alicyclic amines) is 1. The van der Waals surface area contributed by atoms with E-state index < -0.39 is 0 Å². The van der Waals surface area contributed by atoms with Gasteiger partial charge in [0.25, 0.3) is 0 Å². The molecule has 2 aliphatic heterocycles. The third kappa shape index (κ3) is 3.72. The van der Waals surface area contributed by atoms with Gasteiger partial charge in [0.1, 0.15) is 23.8 Å². The van der Waals surface area contributed by atoms with E-state index in [0.29, 0.717) is 5.92 Å². The molecule has 0 N–H and O–H groups in total. The van der Waals surface area contributed by atoms with Crippen molar-refractivity contribution in [3.05, 3.63) is 29.7 Å². The van der Waals surface area contributed by atoms with Crippen LogP contribution in [0.3, 0.4) is 0 Å². The molecule has 26 heavy (non-hydrogen) atoms. The van der Waals surface area contributed by atoms with Crippen molar-refractivity contribution in [1.29, 1.82) is 0 Å². The van der Waals surface area contributed by atoms with Gasteiger partial charge in [0.2, 0.25) is 0 Å². The van der Waals surface area contributed by atoms with Crippen molar-refractivity contribution in [3.63, 3.8) is 0 Å². The van der Waals surface area contributed by atoms with Gasteiger partial charge in [0.05, 0.1) is 6.54 Å². The summed E-state index contributed by atoms with van der Waals surface area (Å²) in [7, 11) is 2.13. The first-order chi connectivity index (χ1) is 12.7. The summed E-state index contributed by atoms with van der Waals surface area (Å²) in [5, 5.41) is 9.10. The summed E-state index contributed by atoms with van der Waals surface area (Å²) < 4.78 is 2.23. The van der Waals surface area contributed by atoms with Crippen molar-refractivity contribution in [1.82, 2.24) is 29.6 Å². The summed E-state index contributed by atoms with van der Waals surface area (Å²) in [5.41, 5.74) is 1.01. The van der Waals surface area contributed by atoms with Crippen LogP contribution in [-0.2, 0) is 13.6 Å². The highest BCUT2D eigenvalue weighted by Crippen LogP contribution is 2.28. The molecule has 7 nitrogen and oxygen atoms in total. The molecule has 0 unspecified atom stereocenters. The van der Waals surface area contributed by atoms with Crippen molar-refractivity contribution in [2.45, 2.75) is 51.5 Å². The highest BCUT2D eigenvalue weighted by atomic mass is 15.3. The van der Waals surface area contributed by atoms with Crippen LogP contribution in [0.1, 0.15) is 55.4 Å². The van der Waals surface area contributed by atoms with E-state index in [-0.39, 0.29) is 0 Å². The molecule has 140 valence electrons. The molecule has 2 aromatic rings. The molecule has 0 aliphatic carbocycles. The number of nitrogens with zero attached hydrogens (tertiary/aromatic N) is 7. The summed E-state index contributed by atoms with van der Waals surface area (Å²) in [4.78, 5) is 13.5. The Morgan fingerprint density at radius 1 is 1.04 bits per heavy atom. The van der Waals surface area contributed by atoms with Gasteiger partial charge in [-0.05, 0) is 45.7 Å². The lowest BCUT2D eigenvalue weighted by molar-refractivity contribution is 0.213. The third-order valence-corrected chi connectivity index (χ3v) is 5.71. The average molecular weight is 355 g/mol. The molecule has 2 aliphatic rings. The second kappa shape index (κ2) is 7.70. The fourth-order valence-corrected chi connectivity index (χ4v) is 4.20. The van der Waals surface area contributed by atoms with Crippen LogP contribution in [0.2, 0.25) is 0 Å². The summed E-state index contributed by atoms with van der Waals surface area (Å²) >= 11 is 0. The van der Waals surface area contributed by atoms with E-state index in [2.05, 4.69) is 47.6 Å². The normalized spacial score (nSPS) is 21.9. The molecule has 0 amide bonds. The second-order valence-corrected chi connectivity index (χ2v) is 7.67. The van der Waals surface area contributed by atoms with E-state index in [0.717, 1.165) is 55.6 Å². The number of rotatable bonds is 4. The number of hydrogen-bond donors (Lipinski definition) is 0. The van der Waals surface area contributed by atoms with E-state index in [4.69, 9.17) is 0 Å². The summed E-state index contributed by atoms with van der Waals surface area (Å²) in [6.07, 6.45) is 7.95. The lowest BCUT2D eigenvalue weighted by atomic mass is 9.97. The lowest BCUT2D eigenvalue weighted by Gasteiger charge is -2.33. The minimum atomic E-state index is 0.409. The Hall–Kier alpha value is -2.02. The summed E-state index contributed by atoms with van der Waals surface area (Å²) in [5.74, 6) is 3.65. The monoisotopic (exact) mass is 355 g/mol. The Balaban J connectivity index is 1.46. The Labute approximate surface area is 155 Å². The van der Waals surface area contributed by atoms with Crippen LogP contribution in [0.4, 0.5) is 5.82 Å². The molecular formula is C19H29N7. The highest BCUT2D eigenvalue weighted by Gasteiger charge is 2.27. The summed E-state index contributed by atoms with van der Waals surface area (Å²) in [6, 6.07) is 2.07. The first-order valence-electron chi connectivity index (χ1n) is 9.85. The molecule has 0 radical (unpaired) electrons. The minimum Gasteiger partial charge on any atom is -0.356 e. The Morgan fingerprint density at radius 2 is 1.88 bits per heavy atom. The maximum Gasteiger partial charge on any atom is 0.146 e. The fourth-order valence-electron chi connectivity index (χ4n) is 4.20. The van der Waals surface area contributed by atoms with E-state index >= 15 is 0 Å². The molecule has 2 fully saturated rings. The smallest absolute Gasteiger partial charge is 0.146 e. The molecule has 2 aromatic heterocycles. The van der Waals surface area contributed by atoms with Crippen LogP contribution < -0.4 is 4.90 Å². The van der Waals surface area contributed by atoms with Crippen molar-refractivity contribution in [2.75, 3.05) is 31.1 Å². The quantitative estimate of drug-likeness (QED) is 0.838. The molecular weight excluding hydrogens is 326 g/mol. The number of aryl methyl sites for hydroxylation is 1. The Morgan fingerprint density at radius 3 is 2.69 bits per heavy atom. The zero-order chi connectivity index (χ0) is 17.9. The zero-order valence-corrected chi connectivity index (χ0v) is 15.9. The van der Waals surface area contributed by atoms with Gasteiger partial charge in [-0.2, -0.15) is 0 Å². The standard InChI is InChI=1S/C19H29N7/c1-15-11-17(21-14-20-15)26-10-6-7-16(12-26)19-23-22-18(24(19)2)13-25-8-4-3-5-9-25/h11,14,16H,3-10,12-13H2,1-2H3/t16-/m1/s1. The summed E-state index contributed by atoms with van der Waals surface area (Å²) in [6.45, 7) is 7.31. The fraction of sp³-hybridized carbons (Fsp3) is 0.684. The number of anilines is 1. The van der Waals surface area contributed by atoms with Gasteiger partial charge in [-0.3, -0.25) is 4.90 Å². The number of piperidine rings is 2. The van der Waals surface area contributed by atoms with Gasteiger partial charge in [-0.15, -0.1) is 10.2 Å². The maximum absolute atomic E-state index is 4.58. The van der Waals surface area contributed by atoms with E-state index in [1.54, 1.807) is 6.33 Å². The molecule has 7 heteroatoms. The van der Waals surface area contributed by atoms with Crippen LogP contribution in [0.15, 0.2) is 12.4 Å². The van der Waals surface area contributed by atoms with Crippen LogP contribution in [0.5, 0.6) is 0 Å². The molecule has 4 rings (SSSR count). The molecule has 0 bridgehead atoms. The largest absolute Gasteiger partial charge is 0.356 e. The topological polar surface area (TPSA) is 63.0 Å². The average Bonchev–Trinajstić information content (AvgIpc) is 3.03. The highest BCUT2D eigenvalue weighted by molar-refractivity contribution is 5.39.